The van der Waals surface area contributed by atoms with Crippen molar-refractivity contribution >= 4 is 5.91 Å². The summed E-state index contributed by atoms with van der Waals surface area (Å²) in [6, 6.07) is 9.90. The SMILES string of the molecule is O=C(C1CCCCC1)N1CCC(Oc2ccccc2)C1. The maximum Gasteiger partial charge on any atom is 0.225 e. The summed E-state index contributed by atoms with van der Waals surface area (Å²) in [7, 11) is 0. The predicted octanol–water partition coefficient (Wildman–Crippen LogP) is 3.25. The molecule has 1 aliphatic carbocycles. The molecule has 1 aliphatic heterocycles. The van der Waals surface area contributed by atoms with Gasteiger partial charge in [-0.1, -0.05) is 37.5 Å². The highest BCUT2D eigenvalue weighted by atomic mass is 16.5. The van der Waals surface area contributed by atoms with E-state index in [9.17, 15) is 4.79 Å². The summed E-state index contributed by atoms with van der Waals surface area (Å²) in [6.45, 7) is 1.61. The molecular formula is C17H23NO2. The Labute approximate surface area is 120 Å². The van der Waals surface area contributed by atoms with E-state index in [-0.39, 0.29) is 12.0 Å². The molecule has 0 aromatic heterocycles. The fourth-order valence-electron chi connectivity index (χ4n) is 3.32. The molecule has 3 heteroatoms. The summed E-state index contributed by atoms with van der Waals surface area (Å²) >= 11 is 0. The van der Waals surface area contributed by atoms with Crippen LogP contribution in [-0.4, -0.2) is 30.0 Å². The number of benzene rings is 1. The molecule has 2 aliphatic rings. The number of nitrogens with zero attached hydrogens (tertiary/aromatic N) is 1. The van der Waals surface area contributed by atoms with Gasteiger partial charge in [0.25, 0.3) is 0 Å². The Balaban J connectivity index is 1.52. The van der Waals surface area contributed by atoms with E-state index in [4.69, 9.17) is 4.74 Å². The monoisotopic (exact) mass is 273 g/mol. The number of likely N-dealkylation sites (tertiary alicyclic amines) is 1. The first-order valence-corrected chi connectivity index (χ1v) is 7.83. The van der Waals surface area contributed by atoms with Crippen LogP contribution in [0.5, 0.6) is 5.75 Å². The second-order valence-corrected chi connectivity index (χ2v) is 5.96. The Morgan fingerprint density at radius 2 is 1.80 bits per heavy atom. The van der Waals surface area contributed by atoms with Crippen molar-refractivity contribution in [2.75, 3.05) is 13.1 Å². The minimum absolute atomic E-state index is 0.157. The Bertz CT molecular complexity index is 440. The maximum absolute atomic E-state index is 12.5. The molecule has 3 nitrogen and oxygen atoms in total. The van der Waals surface area contributed by atoms with Gasteiger partial charge in [-0.3, -0.25) is 4.79 Å². The zero-order valence-electron chi connectivity index (χ0n) is 12.0. The van der Waals surface area contributed by atoms with Gasteiger partial charge in [-0.25, -0.2) is 0 Å². The fourth-order valence-corrected chi connectivity index (χ4v) is 3.32. The number of ether oxygens (including phenoxy) is 1. The van der Waals surface area contributed by atoms with Gasteiger partial charge in [0.15, 0.2) is 0 Å². The summed E-state index contributed by atoms with van der Waals surface area (Å²) in [5, 5.41) is 0. The first-order valence-electron chi connectivity index (χ1n) is 7.83. The third-order valence-electron chi connectivity index (χ3n) is 4.46. The summed E-state index contributed by atoms with van der Waals surface area (Å²) in [6.07, 6.45) is 7.00. The fraction of sp³-hybridized carbons (Fsp3) is 0.588. The van der Waals surface area contributed by atoms with Crippen molar-refractivity contribution in [1.82, 2.24) is 4.90 Å². The van der Waals surface area contributed by atoms with Gasteiger partial charge in [0.1, 0.15) is 11.9 Å². The van der Waals surface area contributed by atoms with Crippen LogP contribution in [0.2, 0.25) is 0 Å². The second kappa shape index (κ2) is 6.29. The number of hydrogen-bond donors (Lipinski definition) is 0. The summed E-state index contributed by atoms with van der Waals surface area (Å²) in [4.78, 5) is 14.5. The van der Waals surface area contributed by atoms with Crippen LogP contribution in [0, 0.1) is 5.92 Å². The van der Waals surface area contributed by atoms with Crippen molar-refractivity contribution < 1.29 is 9.53 Å². The lowest BCUT2D eigenvalue weighted by Crippen LogP contribution is -2.36. The molecule has 20 heavy (non-hydrogen) atoms. The molecule has 2 fully saturated rings. The average Bonchev–Trinajstić information content (AvgIpc) is 2.97. The first kappa shape index (κ1) is 13.5. The van der Waals surface area contributed by atoms with Gasteiger partial charge in [-0.15, -0.1) is 0 Å². The van der Waals surface area contributed by atoms with Crippen molar-refractivity contribution in [3.63, 3.8) is 0 Å². The highest BCUT2D eigenvalue weighted by Gasteiger charge is 2.32. The highest BCUT2D eigenvalue weighted by Crippen LogP contribution is 2.27. The minimum Gasteiger partial charge on any atom is -0.489 e. The molecule has 1 unspecified atom stereocenters. The van der Waals surface area contributed by atoms with E-state index in [1.54, 1.807) is 0 Å². The summed E-state index contributed by atoms with van der Waals surface area (Å²) in [5.41, 5.74) is 0. The molecule has 108 valence electrons. The molecule has 1 heterocycles. The molecule has 1 amide bonds. The van der Waals surface area contributed by atoms with Crippen LogP contribution in [-0.2, 0) is 4.79 Å². The molecule has 0 bridgehead atoms. The lowest BCUT2D eigenvalue weighted by atomic mass is 9.88. The summed E-state index contributed by atoms with van der Waals surface area (Å²) in [5.74, 6) is 1.55. The quantitative estimate of drug-likeness (QED) is 0.846. The van der Waals surface area contributed by atoms with Gasteiger partial charge in [-0.2, -0.15) is 0 Å². The Kier molecular flexibility index (Phi) is 4.24. The number of rotatable bonds is 3. The molecule has 1 atom stereocenters. The predicted molar refractivity (Wildman–Crippen MR) is 78.6 cm³/mol. The van der Waals surface area contributed by atoms with Gasteiger partial charge in [0.05, 0.1) is 6.54 Å². The molecule has 1 aromatic rings. The van der Waals surface area contributed by atoms with Crippen LogP contribution in [0.3, 0.4) is 0 Å². The lowest BCUT2D eigenvalue weighted by Gasteiger charge is -2.26. The van der Waals surface area contributed by atoms with Crippen molar-refractivity contribution in [2.24, 2.45) is 5.92 Å². The second-order valence-electron chi connectivity index (χ2n) is 5.96. The van der Waals surface area contributed by atoms with E-state index in [0.717, 1.165) is 38.1 Å². The van der Waals surface area contributed by atoms with Crippen LogP contribution < -0.4 is 4.74 Å². The maximum atomic E-state index is 12.5. The smallest absolute Gasteiger partial charge is 0.225 e. The number of para-hydroxylation sites is 1. The van der Waals surface area contributed by atoms with E-state index < -0.39 is 0 Å². The third kappa shape index (κ3) is 3.14. The zero-order chi connectivity index (χ0) is 13.8. The molecule has 0 spiro atoms. The Morgan fingerprint density at radius 3 is 2.55 bits per heavy atom. The van der Waals surface area contributed by atoms with Crippen LogP contribution in [0.15, 0.2) is 30.3 Å². The molecule has 0 radical (unpaired) electrons. The molecule has 1 saturated carbocycles. The van der Waals surface area contributed by atoms with Gasteiger partial charge in [0.2, 0.25) is 5.91 Å². The van der Waals surface area contributed by atoms with Crippen molar-refractivity contribution in [2.45, 2.75) is 44.6 Å². The largest absolute Gasteiger partial charge is 0.489 e. The Morgan fingerprint density at radius 1 is 1.05 bits per heavy atom. The Hall–Kier alpha value is -1.51. The van der Waals surface area contributed by atoms with Crippen molar-refractivity contribution in [3.05, 3.63) is 30.3 Å². The van der Waals surface area contributed by atoms with E-state index >= 15 is 0 Å². The van der Waals surface area contributed by atoms with Crippen LogP contribution in [0.4, 0.5) is 0 Å². The average molecular weight is 273 g/mol. The number of hydrogen-bond acceptors (Lipinski definition) is 2. The topological polar surface area (TPSA) is 29.5 Å². The first-order chi connectivity index (χ1) is 9.83. The van der Waals surface area contributed by atoms with E-state index in [0.29, 0.717) is 5.91 Å². The molecule has 3 rings (SSSR count). The summed E-state index contributed by atoms with van der Waals surface area (Å²) < 4.78 is 5.95. The van der Waals surface area contributed by atoms with Gasteiger partial charge < -0.3 is 9.64 Å². The third-order valence-corrected chi connectivity index (χ3v) is 4.46. The molecule has 0 N–H and O–H groups in total. The molecular weight excluding hydrogens is 250 g/mol. The van der Waals surface area contributed by atoms with E-state index in [1.165, 1.54) is 19.3 Å². The van der Waals surface area contributed by atoms with Gasteiger partial charge in [0, 0.05) is 18.9 Å². The normalized spacial score (nSPS) is 23.8. The number of carbonyl (C=O) groups is 1. The molecule has 1 saturated heterocycles. The van der Waals surface area contributed by atoms with Crippen LogP contribution in [0.1, 0.15) is 38.5 Å². The standard InChI is InChI=1S/C17H23NO2/c19-17(14-7-3-1-4-8-14)18-12-11-16(13-18)20-15-9-5-2-6-10-15/h2,5-6,9-10,14,16H,1,3-4,7-8,11-13H2. The number of carbonyl (C=O) groups excluding carboxylic acids is 1. The van der Waals surface area contributed by atoms with E-state index in [2.05, 4.69) is 0 Å². The van der Waals surface area contributed by atoms with Crippen LogP contribution in [0.25, 0.3) is 0 Å². The minimum atomic E-state index is 0.157. The highest BCUT2D eigenvalue weighted by molar-refractivity contribution is 5.79. The zero-order valence-corrected chi connectivity index (χ0v) is 12.0. The van der Waals surface area contributed by atoms with Crippen molar-refractivity contribution in [1.29, 1.82) is 0 Å². The van der Waals surface area contributed by atoms with Gasteiger partial charge >= 0.3 is 0 Å². The van der Waals surface area contributed by atoms with E-state index in [1.807, 2.05) is 35.2 Å². The van der Waals surface area contributed by atoms with Gasteiger partial charge in [-0.05, 0) is 25.0 Å². The lowest BCUT2D eigenvalue weighted by molar-refractivity contribution is -0.135. The van der Waals surface area contributed by atoms with Crippen molar-refractivity contribution in [3.8, 4) is 5.75 Å². The number of amides is 1. The van der Waals surface area contributed by atoms with Crippen LogP contribution >= 0.6 is 0 Å². The molecule has 1 aromatic carbocycles.